The number of aromatic amines is 1. The predicted octanol–water partition coefficient (Wildman–Crippen LogP) is 0.956. The summed E-state index contributed by atoms with van der Waals surface area (Å²) in [5.41, 5.74) is 7.72. The summed E-state index contributed by atoms with van der Waals surface area (Å²) in [6.45, 7) is 0. The van der Waals surface area contributed by atoms with Crippen LogP contribution in [0, 0.1) is 11.3 Å². The Morgan fingerprint density at radius 3 is 2.32 bits per heavy atom. The Balaban J connectivity index is 0.000000229. The molecule has 0 aromatic carbocycles. The molecule has 0 saturated heterocycles. The van der Waals surface area contributed by atoms with E-state index in [0.717, 1.165) is 24.6 Å². The van der Waals surface area contributed by atoms with Gasteiger partial charge in [-0.15, -0.1) is 0 Å². The lowest BCUT2D eigenvalue weighted by Crippen LogP contribution is -1.89. The number of aromatic nitrogens is 6. The fourth-order valence-electron chi connectivity index (χ4n) is 1.55. The van der Waals surface area contributed by atoms with E-state index in [-0.39, 0.29) is 5.57 Å². The van der Waals surface area contributed by atoms with Gasteiger partial charge in [-0.3, -0.25) is 5.10 Å². The Hall–Kier alpha value is -3.84. The molecule has 0 amide bonds. The number of allylic oxidation sites excluding steroid dienone is 1. The first kappa shape index (κ1) is 19.2. The minimum absolute atomic E-state index is 0.132. The Morgan fingerprint density at radius 1 is 1.20 bits per heavy atom. The third-order valence-electron chi connectivity index (χ3n) is 2.63. The zero-order valence-electron chi connectivity index (χ0n) is 13.3. The Labute approximate surface area is 143 Å². The Morgan fingerprint density at radius 2 is 1.88 bits per heavy atom. The van der Waals surface area contributed by atoms with E-state index in [0.29, 0.717) is 11.5 Å². The van der Waals surface area contributed by atoms with Gasteiger partial charge in [0, 0.05) is 19.5 Å². The molecule has 3 aromatic rings. The van der Waals surface area contributed by atoms with Gasteiger partial charge in [0.2, 0.25) is 0 Å². The SMILES string of the molecule is CO.N#C/C(=C\O)c1ccncn1.Nc1[nH]ncc1-c1ccncn1. The number of H-pyrrole nitrogens is 1. The summed E-state index contributed by atoms with van der Waals surface area (Å²) in [5.74, 6) is 0.522. The number of hydrogen-bond donors (Lipinski definition) is 4. The van der Waals surface area contributed by atoms with Crippen molar-refractivity contribution in [2.24, 2.45) is 0 Å². The lowest BCUT2D eigenvalue weighted by Gasteiger charge is -1.94. The molecule has 0 spiro atoms. The Bertz CT molecular complexity index is 812. The fourth-order valence-corrected chi connectivity index (χ4v) is 1.55. The van der Waals surface area contributed by atoms with Crippen molar-refractivity contribution in [2.45, 2.75) is 0 Å². The van der Waals surface area contributed by atoms with Gasteiger partial charge < -0.3 is 15.9 Å². The van der Waals surface area contributed by atoms with E-state index in [1.807, 2.05) is 0 Å². The van der Waals surface area contributed by atoms with Gasteiger partial charge in [0.05, 0.1) is 29.4 Å². The minimum atomic E-state index is 0.132. The van der Waals surface area contributed by atoms with Crippen LogP contribution < -0.4 is 5.73 Å². The van der Waals surface area contributed by atoms with Crippen molar-refractivity contribution in [3.05, 3.63) is 55.3 Å². The van der Waals surface area contributed by atoms with Gasteiger partial charge in [-0.25, -0.2) is 19.9 Å². The molecule has 3 aromatic heterocycles. The topological polar surface area (TPSA) is 171 Å². The van der Waals surface area contributed by atoms with Gasteiger partial charge in [-0.1, -0.05) is 0 Å². The average Bonchev–Trinajstić information content (AvgIpc) is 3.12. The highest BCUT2D eigenvalue weighted by molar-refractivity contribution is 5.73. The maximum Gasteiger partial charge on any atom is 0.128 e. The maximum absolute atomic E-state index is 8.53. The van der Waals surface area contributed by atoms with E-state index in [1.165, 1.54) is 18.9 Å². The lowest BCUT2D eigenvalue weighted by molar-refractivity contribution is 0.399. The van der Waals surface area contributed by atoms with Gasteiger partial charge in [0.25, 0.3) is 0 Å². The number of nitrogen functional groups attached to an aromatic ring is 1. The lowest BCUT2D eigenvalue weighted by atomic mass is 10.2. The summed E-state index contributed by atoms with van der Waals surface area (Å²) in [7, 11) is 1.00. The summed E-state index contributed by atoms with van der Waals surface area (Å²) in [6.07, 6.45) is 8.32. The number of aliphatic hydroxyl groups is 2. The van der Waals surface area contributed by atoms with Gasteiger partial charge in [-0.2, -0.15) is 10.4 Å². The highest BCUT2D eigenvalue weighted by Crippen LogP contribution is 2.19. The number of nitrogens with one attached hydrogen (secondary N) is 1. The van der Waals surface area contributed by atoms with Crippen LogP contribution >= 0.6 is 0 Å². The molecule has 25 heavy (non-hydrogen) atoms. The molecule has 0 aliphatic carbocycles. The molecule has 0 bridgehead atoms. The molecule has 0 unspecified atom stereocenters. The minimum Gasteiger partial charge on any atom is -0.514 e. The molecular weight excluding hydrogens is 324 g/mol. The third-order valence-corrected chi connectivity index (χ3v) is 2.63. The molecule has 0 aliphatic heterocycles. The molecule has 0 atom stereocenters. The number of nitrogens with zero attached hydrogens (tertiary/aromatic N) is 6. The quantitative estimate of drug-likeness (QED) is 0.391. The standard InChI is InChI=1S/C7H7N5.C7H5N3O.CH4O/c8-7-5(3-11-12-7)6-1-2-9-4-10-6;8-3-6(4-11)7-1-2-9-5-10-7;1-2/h1-4H,(H3,8,11,12);1-2,4-5,11H;2H,1H3/b;6-4+;. The van der Waals surface area contributed by atoms with Crippen LogP contribution in [0.1, 0.15) is 5.69 Å². The summed E-state index contributed by atoms with van der Waals surface area (Å²) in [6, 6.07) is 5.11. The summed E-state index contributed by atoms with van der Waals surface area (Å²) < 4.78 is 0. The van der Waals surface area contributed by atoms with Crippen molar-refractivity contribution in [3.63, 3.8) is 0 Å². The molecule has 0 radical (unpaired) electrons. The molecule has 3 rings (SSSR count). The van der Waals surface area contributed by atoms with Crippen molar-refractivity contribution < 1.29 is 10.2 Å². The second kappa shape index (κ2) is 10.8. The molecule has 10 heteroatoms. The summed E-state index contributed by atoms with van der Waals surface area (Å²) in [4.78, 5) is 15.3. The number of nitrogens with two attached hydrogens (primary N) is 1. The zero-order valence-corrected chi connectivity index (χ0v) is 13.3. The second-order valence-electron chi connectivity index (χ2n) is 4.04. The Kier molecular flexibility index (Phi) is 8.31. The van der Waals surface area contributed by atoms with Crippen LogP contribution in [0.5, 0.6) is 0 Å². The number of hydrogen-bond acceptors (Lipinski definition) is 9. The second-order valence-corrected chi connectivity index (χ2v) is 4.04. The van der Waals surface area contributed by atoms with Crippen LogP contribution in [0.25, 0.3) is 16.8 Å². The molecule has 3 heterocycles. The van der Waals surface area contributed by atoms with Crippen LogP contribution in [-0.2, 0) is 0 Å². The average molecular weight is 340 g/mol. The normalized spacial score (nSPS) is 9.72. The first-order valence-corrected chi connectivity index (χ1v) is 6.77. The highest BCUT2D eigenvalue weighted by Gasteiger charge is 2.03. The number of rotatable bonds is 2. The summed E-state index contributed by atoms with van der Waals surface area (Å²) in [5, 5.41) is 30.4. The van der Waals surface area contributed by atoms with Gasteiger partial charge in [-0.05, 0) is 12.1 Å². The molecule has 0 fully saturated rings. The van der Waals surface area contributed by atoms with E-state index in [9.17, 15) is 0 Å². The van der Waals surface area contributed by atoms with Crippen molar-refractivity contribution in [3.8, 4) is 17.3 Å². The van der Waals surface area contributed by atoms with E-state index < -0.39 is 0 Å². The largest absolute Gasteiger partial charge is 0.514 e. The number of nitriles is 1. The highest BCUT2D eigenvalue weighted by atomic mass is 16.2. The van der Waals surface area contributed by atoms with Crippen LogP contribution in [0.3, 0.4) is 0 Å². The van der Waals surface area contributed by atoms with E-state index in [4.69, 9.17) is 21.2 Å². The first-order valence-electron chi connectivity index (χ1n) is 6.77. The zero-order chi connectivity index (χ0) is 18.5. The van der Waals surface area contributed by atoms with Crippen LogP contribution in [0.15, 0.2) is 49.6 Å². The van der Waals surface area contributed by atoms with Crippen LogP contribution in [-0.4, -0.2) is 47.5 Å². The molecule has 0 aliphatic rings. The smallest absolute Gasteiger partial charge is 0.128 e. The fraction of sp³-hybridized carbons (Fsp3) is 0.0667. The van der Waals surface area contributed by atoms with Gasteiger partial charge >= 0.3 is 0 Å². The number of aliphatic hydroxyl groups excluding tert-OH is 2. The van der Waals surface area contributed by atoms with Crippen molar-refractivity contribution in [1.82, 2.24) is 30.1 Å². The van der Waals surface area contributed by atoms with E-state index in [2.05, 4.69) is 30.1 Å². The van der Waals surface area contributed by atoms with Gasteiger partial charge in [0.15, 0.2) is 0 Å². The van der Waals surface area contributed by atoms with Crippen molar-refractivity contribution in [2.75, 3.05) is 12.8 Å². The van der Waals surface area contributed by atoms with Gasteiger partial charge in [0.1, 0.15) is 30.1 Å². The molecule has 10 nitrogen and oxygen atoms in total. The third kappa shape index (κ3) is 5.70. The first-order chi connectivity index (χ1) is 12.3. The monoisotopic (exact) mass is 340 g/mol. The van der Waals surface area contributed by atoms with Crippen LogP contribution in [0.2, 0.25) is 0 Å². The number of anilines is 1. The van der Waals surface area contributed by atoms with E-state index >= 15 is 0 Å². The molecular formula is C15H16N8O2. The van der Waals surface area contributed by atoms with Crippen LogP contribution in [0.4, 0.5) is 5.82 Å². The predicted molar refractivity (Wildman–Crippen MR) is 90.4 cm³/mol. The summed E-state index contributed by atoms with van der Waals surface area (Å²) >= 11 is 0. The molecule has 0 saturated carbocycles. The van der Waals surface area contributed by atoms with Crippen molar-refractivity contribution in [1.29, 1.82) is 5.26 Å². The molecule has 128 valence electrons. The molecule has 5 N–H and O–H groups in total. The van der Waals surface area contributed by atoms with E-state index in [1.54, 1.807) is 30.6 Å². The van der Waals surface area contributed by atoms with Crippen molar-refractivity contribution >= 4 is 11.4 Å². The maximum atomic E-state index is 8.53.